The van der Waals surface area contributed by atoms with Gasteiger partial charge >= 0.3 is 11.3 Å². The Labute approximate surface area is 325 Å². The smallest absolute Gasteiger partial charge is 0.343 e. The number of rotatable bonds is 8. The fourth-order valence-corrected chi connectivity index (χ4v) is 6.10. The number of benzene rings is 4. The molecule has 1 aliphatic rings. The molecular formula is C44H28Cl2N4O5. The topological polar surface area (TPSA) is 104 Å². The number of nitrogens with zero attached hydrogens (tertiary/aromatic N) is 4. The van der Waals surface area contributed by atoms with Crippen molar-refractivity contribution < 1.29 is 13.6 Å². The molecule has 0 fully saturated rings. The SMILES string of the molecule is [C-]#[N+]/C(C#N)=C1C=C(/C=C/c2cc3ccc(N(C)C)cc3oc2=O)OC(/C=C/c2cc3ccc(N(c4ccc(Cl)cc4)c4ccc(Cl)cc4)cc3oc2=O)=C\1. The van der Waals surface area contributed by atoms with Crippen molar-refractivity contribution in [3.05, 3.63) is 198 Å². The largest absolute Gasteiger partial charge is 0.457 e. The van der Waals surface area contributed by atoms with Crippen molar-refractivity contribution in [2.24, 2.45) is 0 Å². The number of fused-ring (bicyclic) bond motifs is 2. The molecule has 0 amide bonds. The summed E-state index contributed by atoms with van der Waals surface area (Å²) in [6.07, 6.45) is 9.21. The molecule has 6 aromatic rings. The van der Waals surface area contributed by atoms with E-state index in [4.69, 9.17) is 43.3 Å². The summed E-state index contributed by atoms with van der Waals surface area (Å²) < 4.78 is 17.4. The van der Waals surface area contributed by atoms with Gasteiger partial charge in [-0.15, -0.1) is 0 Å². The summed E-state index contributed by atoms with van der Waals surface area (Å²) in [5, 5.41) is 12.2. The maximum Gasteiger partial charge on any atom is 0.343 e. The standard InChI is InChI=1S/C44H28Cl2N4O5/c1-48-40(26-47)31-22-38(18-6-29-20-27-4-12-36(49(2)3)24-41(27)54-43(29)51)53-39(23-31)19-7-30-21-28-5-13-37(25-42(28)55-44(30)52)50(34-14-8-32(45)9-15-34)35-16-10-33(46)11-17-35/h4-25H,2-3H3/b18-6+,19-7+,40-31+. The Hall–Kier alpha value is -7.04. The van der Waals surface area contributed by atoms with E-state index in [0.717, 1.165) is 28.1 Å². The summed E-state index contributed by atoms with van der Waals surface area (Å²) in [5.74, 6) is 0.492. The van der Waals surface area contributed by atoms with E-state index in [1.807, 2.05) is 78.5 Å². The number of anilines is 4. The van der Waals surface area contributed by atoms with Gasteiger partial charge in [-0.3, -0.25) is 0 Å². The molecule has 0 saturated heterocycles. The lowest BCUT2D eigenvalue weighted by atomic mass is 10.1. The quantitative estimate of drug-likeness (QED) is 0.0857. The number of halogens is 2. The molecular weight excluding hydrogens is 735 g/mol. The molecule has 0 saturated carbocycles. The van der Waals surface area contributed by atoms with Crippen molar-refractivity contribution in [2.75, 3.05) is 23.9 Å². The molecule has 11 heteroatoms. The van der Waals surface area contributed by atoms with Gasteiger partial charge in [-0.25, -0.2) is 19.7 Å². The molecule has 0 aliphatic carbocycles. The minimum Gasteiger partial charge on any atom is -0.457 e. The second kappa shape index (κ2) is 15.5. The molecule has 0 N–H and O–H groups in total. The van der Waals surface area contributed by atoms with E-state index in [9.17, 15) is 14.9 Å². The monoisotopic (exact) mass is 762 g/mol. The molecule has 0 atom stereocenters. The second-order valence-corrected chi connectivity index (χ2v) is 13.4. The first-order chi connectivity index (χ1) is 26.6. The van der Waals surface area contributed by atoms with Crippen molar-refractivity contribution in [1.29, 1.82) is 5.26 Å². The average molecular weight is 764 g/mol. The Kier molecular flexibility index (Phi) is 10.2. The molecule has 3 heterocycles. The van der Waals surface area contributed by atoms with Crippen LogP contribution in [-0.2, 0) is 4.74 Å². The third-order valence-corrected chi connectivity index (χ3v) is 9.12. The van der Waals surface area contributed by atoms with Crippen LogP contribution in [0.25, 0.3) is 38.9 Å². The molecule has 9 nitrogen and oxygen atoms in total. The van der Waals surface area contributed by atoms with Crippen LogP contribution in [0.1, 0.15) is 11.1 Å². The van der Waals surface area contributed by atoms with Gasteiger partial charge in [-0.2, -0.15) is 0 Å². The summed E-state index contributed by atoms with van der Waals surface area (Å²) in [6, 6.07) is 31.2. The van der Waals surface area contributed by atoms with Crippen molar-refractivity contribution in [3.63, 3.8) is 0 Å². The van der Waals surface area contributed by atoms with Gasteiger partial charge in [0.15, 0.2) is 0 Å². The van der Waals surface area contributed by atoms with Crippen LogP contribution in [0.2, 0.25) is 10.0 Å². The van der Waals surface area contributed by atoms with Crippen LogP contribution < -0.4 is 21.1 Å². The predicted octanol–water partition coefficient (Wildman–Crippen LogP) is 11.0. The van der Waals surface area contributed by atoms with Crippen LogP contribution in [0, 0.1) is 17.9 Å². The second-order valence-electron chi connectivity index (χ2n) is 12.5. The predicted molar refractivity (Wildman–Crippen MR) is 219 cm³/mol. The van der Waals surface area contributed by atoms with Crippen molar-refractivity contribution in [2.45, 2.75) is 0 Å². The minimum atomic E-state index is -0.590. The Bertz CT molecular complexity index is 2790. The lowest BCUT2D eigenvalue weighted by Crippen LogP contribution is -2.10. The van der Waals surface area contributed by atoms with E-state index >= 15 is 0 Å². The Morgan fingerprint density at radius 1 is 0.673 bits per heavy atom. The fourth-order valence-electron chi connectivity index (χ4n) is 5.85. The number of allylic oxidation sites excluding steroid dienone is 6. The van der Waals surface area contributed by atoms with Gasteiger partial charge in [0.1, 0.15) is 22.7 Å². The number of nitriles is 1. The van der Waals surface area contributed by atoms with E-state index in [1.165, 1.54) is 18.2 Å². The van der Waals surface area contributed by atoms with Gasteiger partial charge in [0, 0.05) is 69.8 Å². The summed E-state index contributed by atoms with van der Waals surface area (Å²) in [7, 11) is 3.79. The third-order valence-electron chi connectivity index (χ3n) is 8.61. The van der Waals surface area contributed by atoms with Gasteiger partial charge in [-0.1, -0.05) is 23.2 Å². The summed E-state index contributed by atoms with van der Waals surface area (Å²) in [6.45, 7) is 7.49. The highest BCUT2D eigenvalue weighted by Gasteiger charge is 2.16. The highest BCUT2D eigenvalue weighted by Crippen LogP contribution is 2.37. The van der Waals surface area contributed by atoms with Gasteiger partial charge in [0.25, 0.3) is 5.70 Å². The van der Waals surface area contributed by atoms with Crippen molar-refractivity contribution in [1.82, 2.24) is 0 Å². The molecule has 268 valence electrons. The first-order valence-corrected chi connectivity index (χ1v) is 17.5. The minimum absolute atomic E-state index is 0.158. The van der Waals surface area contributed by atoms with Gasteiger partial charge in [0.05, 0.1) is 23.8 Å². The van der Waals surface area contributed by atoms with E-state index < -0.39 is 11.3 Å². The van der Waals surface area contributed by atoms with Crippen LogP contribution in [-0.4, -0.2) is 14.1 Å². The maximum atomic E-state index is 13.3. The molecule has 0 radical (unpaired) electrons. The third kappa shape index (κ3) is 8.00. The summed E-state index contributed by atoms with van der Waals surface area (Å²) in [5.41, 5.74) is 3.65. The normalized spacial score (nSPS) is 13.6. The molecule has 4 aromatic carbocycles. The Balaban J connectivity index is 1.18. The maximum absolute atomic E-state index is 13.3. The van der Waals surface area contributed by atoms with Crippen molar-refractivity contribution in [3.8, 4) is 6.07 Å². The number of hydrogen-bond donors (Lipinski definition) is 0. The molecule has 55 heavy (non-hydrogen) atoms. The van der Waals surface area contributed by atoms with Crippen LogP contribution in [0.5, 0.6) is 0 Å². The lowest BCUT2D eigenvalue weighted by molar-refractivity contribution is 0.332. The van der Waals surface area contributed by atoms with Crippen LogP contribution in [0.4, 0.5) is 22.7 Å². The van der Waals surface area contributed by atoms with E-state index in [0.29, 0.717) is 32.2 Å². The van der Waals surface area contributed by atoms with Gasteiger partial charge in [0.2, 0.25) is 0 Å². The average Bonchev–Trinajstić information content (AvgIpc) is 3.18. The number of hydrogen-bond acceptors (Lipinski definition) is 8. The van der Waals surface area contributed by atoms with E-state index in [1.54, 1.807) is 66.8 Å². The first-order valence-electron chi connectivity index (χ1n) is 16.7. The summed E-state index contributed by atoms with van der Waals surface area (Å²) in [4.78, 5) is 33.4. The zero-order valence-electron chi connectivity index (χ0n) is 29.3. The molecule has 7 rings (SSSR count). The molecule has 0 spiro atoms. The van der Waals surface area contributed by atoms with Crippen LogP contribution in [0.15, 0.2) is 163 Å². The van der Waals surface area contributed by atoms with E-state index in [-0.39, 0.29) is 28.3 Å². The molecule has 0 unspecified atom stereocenters. The highest BCUT2D eigenvalue weighted by atomic mass is 35.5. The first kappa shape index (κ1) is 36.3. The molecule has 2 aromatic heterocycles. The van der Waals surface area contributed by atoms with Crippen molar-refractivity contribution >= 4 is 80.0 Å². The lowest BCUT2D eigenvalue weighted by Gasteiger charge is -2.25. The molecule has 1 aliphatic heterocycles. The zero-order valence-corrected chi connectivity index (χ0v) is 30.8. The van der Waals surface area contributed by atoms with E-state index in [2.05, 4.69) is 4.85 Å². The van der Waals surface area contributed by atoms with Gasteiger partial charge < -0.3 is 23.4 Å². The molecule has 0 bridgehead atoms. The fraction of sp³-hybridized carbons (Fsp3) is 0.0455. The Morgan fingerprint density at radius 3 is 1.58 bits per heavy atom. The van der Waals surface area contributed by atoms with Crippen LogP contribution in [0.3, 0.4) is 0 Å². The van der Waals surface area contributed by atoms with Gasteiger partial charge in [-0.05, 0) is 127 Å². The van der Waals surface area contributed by atoms with Crippen LogP contribution >= 0.6 is 23.2 Å². The number of ether oxygens (including phenoxy) is 1. The Morgan fingerprint density at radius 2 is 1.13 bits per heavy atom. The summed E-state index contributed by atoms with van der Waals surface area (Å²) >= 11 is 12.4. The zero-order chi connectivity index (χ0) is 38.6. The highest BCUT2D eigenvalue weighted by molar-refractivity contribution is 6.31.